The summed E-state index contributed by atoms with van der Waals surface area (Å²) in [5, 5.41) is 4.98. The minimum Gasteiger partial charge on any atom is -0.378 e. The Morgan fingerprint density at radius 3 is 2.67 bits per heavy atom. The van der Waals surface area contributed by atoms with Gasteiger partial charge in [0, 0.05) is 19.6 Å². The van der Waals surface area contributed by atoms with Gasteiger partial charge in [-0.1, -0.05) is 18.2 Å². The van der Waals surface area contributed by atoms with Crippen LogP contribution in [-0.2, 0) is 17.5 Å². The molecule has 1 aliphatic heterocycles. The van der Waals surface area contributed by atoms with Crippen LogP contribution in [0.15, 0.2) is 35.7 Å². The first kappa shape index (κ1) is 18.0. The van der Waals surface area contributed by atoms with Crippen molar-refractivity contribution in [2.75, 3.05) is 36.5 Å². The number of benzene rings is 1. The molecule has 0 saturated carbocycles. The summed E-state index contributed by atoms with van der Waals surface area (Å²) in [7, 11) is 0. The number of hydrogen-bond donors (Lipinski definition) is 1. The van der Waals surface area contributed by atoms with E-state index in [0.29, 0.717) is 38.1 Å². The van der Waals surface area contributed by atoms with Gasteiger partial charge in [-0.15, -0.1) is 11.3 Å². The highest BCUT2D eigenvalue weighted by molar-refractivity contribution is 7.17. The van der Waals surface area contributed by atoms with Gasteiger partial charge >= 0.3 is 6.18 Å². The first-order valence-electron chi connectivity index (χ1n) is 8.49. The molecule has 142 valence electrons. The van der Waals surface area contributed by atoms with Gasteiger partial charge in [0.2, 0.25) is 5.95 Å². The van der Waals surface area contributed by atoms with E-state index in [4.69, 9.17) is 4.74 Å². The molecule has 1 N–H and O–H groups in total. The van der Waals surface area contributed by atoms with Crippen LogP contribution in [0.3, 0.4) is 0 Å². The lowest BCUT2D eigenvalue weighted by molar-refractivity contribution is -0.138. The molecule has 0 aliphatic carbocycles. The van der Waals surface area contributed by atoms with Crippen LogP contribution in [-0.4, -0.2) is 36.3 Å². The van der Waals surface area contributed by atoms with Crippen LogP contribution in [0, 0.1) is 0 Å². The number of aromatic nitrogens is 2. The molecule has 3 aromatic rings. The van der Waals surface area contributed by atoms with Gasteiger partial charge in [-0.05, 0) is 23.1 Å². The van der Waals surface area contributed by atoms with Crippen LogP contribution in [0.1, 0.15) is 11.1 Å². The number of rotatable bonds is 4. The molecular weight excluding hydrogens is 377 g/mol. The molecule has 2 aromatic heterocycles. The SMILES string of the molecule is FC(F)(F)c1ccccc1CNc1nc(N2CCOCC2)nc2ccsc12. The largest absolute Gasteiger partial charge is 0.416 e. The Morgan fingerprint density at radius 2 is 1.89 bits per heavy atom. The second-order valence-electron chi connectivity index (χ2n) is 6.12. The minimum absolute atomic E-state index is 0.0300. The van der Waals surface area contributed by atoms with Crippen molar-refractivity contribution in [2.45, 2.75) is 12.7 Å². The maximum atomic E-state index is 13.2. The third kappa shape index (κ3) is 3.84. The third-order valence-corrected chi connectivity index (χ3v) is 5.27. The Bertz CT molecular complexity index is 938. The molecule has 1 aliphatic rings. The lowest BCUT2D eigenvalue weighted by Gasteiger charge is -2.27. The molecule has 0 radical (unpaired) electrons. The molecule has 1 fully saturated rings. The average Bonchev–Trinajstić information content (AvgIpc) is 3.15. The number of ether oxygens (including phenoxy) is 1. The lowest BCUT2D eigenvalue weighted by atomic mass is 10.1. The number of halogens is 3. The molecule has 3 heterocycles. The molecule has 0 spiro atoms. The summed E-state index contributed by atoms with van der Waals surface area (Å²) in [4.78, 5) is 11.2. The van der Waals surface area contributed by atoms with Gasteiger partial charge in [0.25, 0.3) is 0 Å². The highest BCUT2D eigenvalue weighted by Crippen LogP contribution is 2.33. The first-order chi connectivity index (χ1) is 13.0. The summed E-state index contributed by atoms with van der Waals surface area (Å²) >= 11 is 1.46. The second-order valence-corrected chi connectivity index (χ2v) is 7.03. The molecule has 0 amide bonds. The van der Waals surface area contributed by atoms with E-state index in [9.17, 15) is 13.2 Å². The van der Waals surface area contributed by atoms with Gasteiger partial charge in [-0.3, -0.25) is 0 Å². The lowest BCUT2D eigenvalue weighted by Crippen LogP contribution is -2.37. The third-order valence-electron chi connectivity index (χ3n) is 4.35. The van der Waals surface area contributed by atoms with Crippen LogP contribution in [0.5, 0.6) is 0 Å². The van der Waals surface area contributed by atoms with Gasteiger partial charge in [0.05, 0.1) is 29.0 Å². The highest BCUT2D eigenvalue weighted by atomic mass is 32.1. The highest BCUT2D eigenvalue weighted by Gasteiger charge is 2.32. The summed E-state index contributed by atoms with van der Waals surface area (Å²) in [6, 6.07) is 7.46. The van der Waals surface area contributed by atoms with Crippen molar-refractivity contribution in [3.8, 4) is 0 Å². The van der Waals surface area contributed by atoms with E-state index in [2.05, 4.69) is 15.3 Å². The minimum atomic E-state index is -4.39. The Labute approximate surface area is 157 Å². The van der Waals surface area contributed by atoms with E-state index in [1.165, 1.54) is 23.5 Å². The Balaban J connectivity index is 1.63. The molecule has 0 bridgehead atoms. The standard InChI is InChI=1S/C18H17F3N4OS/c19-18(20,21)13-4-2-1-3-12(13)11-22-16-15-14(5-10-27-15)23-17(24-16)25-6-8-26-9-7-25/h1-5,10H,6-9,11H2,(H,22,23,24). The number of morpholine rings is 1. The zero-order valence-electron chi connectivity index (χ0n) is 14.3. The molecule has 1 saturated heterocycles. The number of hydrogen-bond acceptors (Lipinski definition) is 6. The van der Waals surface area contributed by atoms with Gasteiger partial charge in [0.1, 0.15) is 5.82 Å². The van der Waals surface area contributed by atoms with Gasteiger partial charge in [0.15, 0.2) is 0 Å². The molecule has 1 aromatic carbocycles. The van der Waals surface area contributed by atoms with Crippen LogP contribution >= 0.6 is 11.3 Å². The van der Waals surface area contributed by atoms with E-state index in [-0.39, 0.29) is 12.1 Å². The quantitative estimate of drug-likeness (QED) is 0.720. The fourth-order valence-corrected chi connectivity index (χ4v) is 3.80. The second kappa shape index (κ2) is 7.32. The fraction of sp³-hybridized carbons (Fsp3) is 0.333. The number of thiophene rings is 1. The Kier molecular flexibility index (Phi) is 4.88. The predicted molar refractivity (Wildman–Crippen MR) is 99.2 cm³/mol. The van der Waals surface area contributed by atoms with Crippen LogP contribution in [0.2, 0.25) is 0 Å². The van der Waals surface area contributed by atoms with E-state index in [1.54, 1.807) is 6.07 Å². The monoisotopic (exact) mass is 394 g/mol. The zero-order chi connectivity index (χ0) is 18.9. The predicted octanol–water partition coefficient (Wildman–Crippen LogP) is 4.16. The molecule has 5 nitrogen and oxygen atoms in total. The zero-order valence-corrected chi connectivity index (χ0v) is 15.1. The molecule has 4 rings (SSSR count). The Hall–Kier alpha value is -2.39. The van der Waals surface area contributed by atoms with Crippen molar-refractivity contribution in [3.05, 3.63) is 46.8 Å². The average molecular weight is 394 g/mol. The number of fused-ring (bicyclic) bond motifs is 1. The van der Waals surface area contributed by atoms with Crippen molar-refractivity contribution in [1.82, 2.24) is 9.97 Å². The molecule has 0 atom stereocenters. The van der Waals surface area contributed by atoms with Crippen LogP contribution in [0.4, 0.5) is 24.9 Å². The van der Waals surface area contributed by atoms with Crippen LogP contribution in [0.25, 0.3) is 10.2 Å². The number of nitrogens with zero attached hydrogens (tertiary/aromatic N) is 3. The van der Waals surface area contributed by atoms with Crippen molar-refractivity contribution in [2.24, 2.45) is 0 Å². The van der Waals surface area contributed by atoms with E-state index < -0.39 is 11.7 Å². The van der Waals surface area contributed by atoms with E-state index >= 15 is 0 Å². The molecular formula is C18H17F3N4OS. The molecule has 9 heteroatoms. The van der Waals surface area contributed by atoms with Crippen molar-refractivity contribution in [1.29, 1.82) is 0 Å². The van der Waals surface area contributed by atoms with Crippen molar-refractivity contribution < 1.29 is 17.9 Å². The summed E-state index contributed by atoms with van der Waals surface area (Å²) in [5.41, 5.74) is 0.326. The maximum absolute atomic E-state index is 13.2. The van der Waals surface area contributed by atoms with Crippen LogP contribution < -0.4 is 10.2 Å². The number of alkyl halides is 3. The normalized spacial score (nSPS) is 15.3. The van der Waals surface area contributed by atoms with E-state index in [1.807, 2.05) is 16.3 Å². The Morgan fingerprint density at radius 1 is 1.11 bits per heavy atom. The fourth-order valence-electron chi connectivity index (χ4n) is 3.01. The van der Waals surface area contributed by atoms with Gasteiger partial charge in [-0.2, -0.15) is 18.2 Å². The summed E-state index contributed by atoms with van der Waals surface area (Å²) in [6.45, 7) is 2.61. The smallest absolute Gasteiger partial charge is 0.378 e. The first-order valence-corrected chi connectivity index (χ1v) is 9.37. The van der Waals surface area contributed by atoms with Gasteiger partial charge in [-0.25, -0.2) is 4.98 Å². The van der Waals surface area contributed by atoms with Gasteiger partial charge < -0.3 is 15.0 Å². The van der Waals surface area contributed by atoms with Crippen molar-refractivity contribution >= 4 is 33.3 Å². The maximum Gasteiger partial charge on any atom is 0.416 e. The summed E-state index contributed by atoms with van der Waals surface area (Å²) in [6.07, 6.45) is -4.39. The number of nitrogens with one attached hydrogen (secondary N) is 1. The molecule has 27 heavy (non-hydrogen) atoms. The summed E-state index contributed by atoms with van der Waals surface area (Å²) < 4.78 is 45.8. The van der Waals surface area contributed by atoms with Crippen molar-refractivity contribution in [3.63, 3.8) is 0 Å². The molecule has 0 unspecified atom stereocenters. The summed E-state index contributed by atoms with van der Waals surface area (Å²) in [5.74, 6) is 1.12. The van der Waals surface area contributed by atoms with E-state index in [0.717, 1.165) is 16.3 Å². The number of anilines is 2. The topological polar surface area (TPSA) is 50.3 Å².